The van der Waals surface area contributed by atoms with E-state index in [0.29, 0.717) is 6.61 Å². The van der Waals surface area contributed by atoms with E-state index in [1.165, 1.54) is 5.56 Å². The molecule has 11 heavy (non-hydrogen) atoms. The van der Waals surface area contributed by atoms with Crippen LogP contribution in [0.4, 0.5) is 0 Å². The highest BCUT2D eigenvalue weighted by molar-refractivity contribution is 5.35. The Morgan fingerprint density at radius 2 is 2.18 bits per heavy atom. The normalized spacial score (nSPS) is 22.1. The first-order valence-electron chi connectivity index (χ1n) is 3.82. The Bertz CT molecular complexity index is 259. The molecule has 0 saturated heterocycles. The average molecular weight is 149 g/mol. The van der Waals surface area contributed by atoms with Crippen molar-refractivity contribution < 1.29 is 4.74 Å². The zero-order chi connectivity index (χ0) is 7.68. The van der Waals surface area contributed by atoms with E-state index in [9.17, 15) is 0 Å². The van der Waals surface area contributed by atoms with E-state index in [1.807, 2.05) is 18.2 Å². The standard InChI is InChI=1S/C9H11NO/c10-8-5-7-3-1-2-4-9(7)11-6-8/h1-4,8H,5-6,10H2. The minimum Gasteiger partial charge on any atom is -0.492 e. The largest absolute Gasteiger partial charge is 0.492 e. The Balaban J connectivity index is 2.34. The molecule has 1 atom stereocenters. The summed E-state index contributed by atoms with van der Waals surface area (Å²) in [4.78, 5) is 0. The number of ether oxygens (including phenoxy) is 1. The fraction of sp³-hybridized carbons (Fsp3) is 0.333. The third-order valence-electron chi connectivity index (χ3n) is 1.91. The summed E-state index contributed by atoms with van der Waals surface area (Å²) in [6, 6.07) is 8.22. The molecule has 0 radical (unpaired) electrons. The topological polar surface area (TPSA) is 35.2 Å². The summed E-state index contributed by atoms with van der Waals surface area (Å²) >= 11 is 0. The van der Waals surface area contributed by atoms with Gasteiger partial charge in [-0.05, 0) is 18.1 Å². The molecule has 2 N–H and O–H groups in total. The van der Waals surface area contributed by atoms with Crippen molar-refractivity contribution in [2.24, 2.45) is 5.73 Å². The monoisotopic (exact) mass is 149 g/mol. The summed E-state index contributed by atoms with van der Waals surface area (Å²) in [7, 11) is 0. The highest BCUT2D eigenvalue weighted by atomic mass is 16.5. The smallest absolute Gasteiger partial charge is 0.122 e. The molecule has 1 aromatic rings. The van der Waals surface area contributed by atoms with Gasteiger partial charge in [-0.25, -0.2) is 0 Å². The number of rotatable bonds is 0. The second-order valence-corrected chi connectivity index (χ2v) is 2.88. The molecule has 1 aromatic carbocycles. The Hall–Kier alpha value is -1.02. The fourth-order valence-electron chi connectivity index (χ4n) is 1.35. The summed E-state index contributed by atoms with van der Waals surface area (Å²) in [6.07, 6.45) is 0.941. The molecule has 0 aliphatic carbocycles. The summed E-state index contributed by atoms with van der Waals surface area (Å²) in [5.41, 5.74) is 6.95. The lowest BCUT2D eigenvalue weighted by atomic mass is 10.0. The van der Waals surface area contributed by atoms with E-state index >= 15 is 0 Å². The first kappa shape index (κ1) is 6.68. The molecule has 0 aromatic heterocycles. The van der Waals surface area contributed by atoms with Crippen molar-refractivity contribution in [1.29, 1.82) is 0 Å². The molecule has 2 nitrogen and oxygen atoms in total. The number of benzene rings is 1. The van der Waals surface area contributed by atoms with E-state index in [2.05, 4.69) is 6.07 Å². The van der Waals surface area contributed by atoms with Crippen molar-refractivity contribution in [3.05, 3.63) is 29.8 Å². The first-order valence-corrected chi connectivity index (χ1v) is 3.82. The van der Waals surface area contributed by atoms with Crippen molar-refractivity contribution in [2.45, 2.75) is 12.5 Å². The Morgan fingerprint density at radius 1 is 1.36 bits per heavy atom. The Labute approximate surface area is 66.0 Å². The molecule has 1 aliphatic heterocycles. The summed E-state index contributed by atoms with van der Waals surface area (Å²) in [5, 5.41) is 0. The van der Waals surface area contributed by atoms with Crippen molar-refractivity contribution in [3.63, 3.8) is 0 Å². The lowest BCUT2D eigenvalue weighted by molar-refractivity contribution is 0.263. The van der Waals surface area contributed by atoms with Crippen LogP contribution in [-0.4, -0.2) is 12.6 Å². The molecule has 0 fully saturated rings. The van der Waals surface area contributed by atoms with Gasteiger partial charge in [0.25, 0.3) is 0 Å². The van der Waals surface area contributed by atoms with Crippen molar-refractivity contribution in [1.82, 2.24) is 0 Å². The minimum atomic E-state index is 0.171. The van der Waals surface area contributed by atoms with Crippen LogP contribution in [0.2, 0.25) is 0 Å². The third kappa shape index (κ3) is 1.21. The number of nitrogens with two attached hydrogens (primary N) is 1. The molecule has 0 spiro atoms. The van der Waals surface area contributed by atoms with Crippen LogP contribution >= 0.6 is 0 Å². The van der Waals surface area contributed by atoms with Crippen LogP contribution in [0.15, 0.2) is 24.3 Å². The van der Waals surface area contributed by atoms with Gasteiger partial charge in [0.1, 0.15) is 12.4 Å². The van der Waals surface area contributed by atoms with Gasteiger partial charge in [-0.15, -0.1) is 0 Å². The van der Waals surface area contributed by atoms with Crippen LogP contribution in [0.1, 0.15) is 5.56 Å². The molecule has 2 heteroatoms. The van der Waals surface area contributed by atoms with Crippen LogP contribution in [0.25, 0.3) is 0 Å². The van der Waals surface area contributed by atoms with E-state index in [1.54, 1.807) is 0 Å². The van der Waals surface area contributed by atoms with Crippen LogP contribution in [0.3, 0.4) is 0 Å². The second-order valence-electron chi connectivity index (χ2n) is 2.88. The number of para-hydroxylation sites is 1. The zero-order valence-electron chi connectivity index (χ0n) is 6.29. The molecular weight excluding hydrogens is 138 g/mol. The maximum Gasteiger partial charge on any atom is 0.122 e. The Morgan fingerprint density at radius 3 is 3.09 bits per heavy atom. The zero-order valence-corrected chi connectivity index (χ0v) is 6.29. The molecule has 1 unspecified atom stereocenters. The molecular formula is C9H11NO. The lowest BCUT2D eigenvalue weighted by Crippen LogP contribution is -2.33. The van der Waals surface area contributed by atoms with Crippen LogP contribution in [0.5, 0.6) is 5.75 Å². The van der Waals surface area contributed by atoms with E-state index < -0.39 is 0 Å². The van der Waals surface area contributed by atoms with Crippen LogP contribution < -0.4 is 10.5 Å². The minimum absolute atomic E-state index is 0.171. The molecule has 0 saturated carbocycles. The van der Waals surface area contributed by atoms with Gasteiger partial charge in [0.05, 0.1) is 0 Å². The maximum absolute atomic E-state index is 5.72. The second kappa shape index (κ2) is 2.55. The van der Waals surface area contributed by atoms with E-state index in [0.717, 1.165) is 12.2 Å². The molecule has 1 heterocycles. The average Bonchev–Trinajstić information content (AvgIpc) is 2.04. The maximum atomic E-state index is 5.72. The van der Waals surface area contributed by atoms with Gasteiger partial charge in [0.2, 0.25) is 0 Å². The molecule has 1 aliphatic rings. The van der Waals surface area contributed by atoms with Gasteiger partial charge < -0.3 is 10.5 Å². The van der Waals surface area contributed by atoms with E-state index in [-0.39, 0.29) is 6.04 Å². The number of hydrogen-bond donors (Lipinski definition) is 1. The first-order chi connectivity index (χ1) is 5.36. The van der Waals surface area contributed by atoms with Gasteiger partial charge in [-0.2, -0.15) is 0 Å². The fourth-order valence-corrected chi connectivity index (χ4v) is 1.35. The van der Waals surface area contributed by atoms with Gasteiger partial charge in [-0.3, -0.25) is 0 Å². The summed E-state index contributed by atoms with van der Waals surface area (Å²) < 4.78 is 5.41. The van der Waals surface area contributed by atoms with Gasteiger partial charge in [0.15, 0.2) is 0 Å². The van der Waals surface area contributed by atoms with Crippen molar-refractivity contribution >= 4 is 0 Å². The lowest BCUT2D eigenvalue weighted by Gasteiger charge is -2.21. The Kier molecular flexibility index (Phi) is 1.55. The highest BCUT2D eigenvalue weighted by Crippen LogP contribution is 2.22. The highest BCUT2D eigenvalue weighted by Gasteiger charge is 2.14. The van der Waals surface area contributed by atoms with E-state index in [4.69, 9.17) is 10.5 Å². The van der Waals surface area contributed by atoms with Crippen LogP contribution in [-0.2, 0) is 6.42 Å². The van der Waals surface area contributed by atoms with Gasteiger partial charge in [-0.1, -0.05) is 18.2 Å². The molecule has 58 valence electrons. The summed E-state index contributed by atoms with van der Waals surface area (Å²) in [6.45, 7) is 0.650. The van der Waals surface area contributed by atoms with Gasteiger partial charge in [0, 0.05) is 6.04 Å². The van der Waals surface area contributed by atoms with Crippen molar-refractivity contribution in [3.8, 4) is 5.75 Å². The number of fused-ring (bicyclic) bond motifs is 1. The molecule has 0 amide bonds. The molecule has 0 bridgehead atoms. The van der Waals surface area contributed by atoms with Crippen molar-refractivity contribution in [2.75, 3.05) is 6.61 Å². The predicted molar refractivity (Wildman–Crippen MR) is 43.6 cm³/mol. The van der Waals surface area contributed by atoms with Gasteiger partial charge >= 0.3 is 0 Å². The predicted octanol–water partition coefficient (Wildman–Crippen LogP) is 0.949. The van der Waals surface area contributed by atoms with Crippen LogP contribution in [0, 0.1) is 0 Å². The SMILES string of the molecule is NC1COc2ccccc2C1. The summed E-state index contributed by atoms with van der Waals surface area (Å²) in [5.74, 6) is 0.995. The molecule has 2 rings (SSSR count). The third-order valence-corrected chi connectivity index (χ3v) is 1.91. The quantitative estimate of drug-likeness (QED) is 0.596. The number of hydrogen-bond acceptors (Lipinski definition) is 2.